The molecule has 4 nitrogen and oxygen atoms in total. The predicted molar refractivity (Wildman–Crippen MR) is 63.6 cm³/mol. The Labute approximate surface area is 108 Å². The zero-order valence-corrected chi connectivity index (χ0v) is 10.7. The van der Waals surface area contributed by atoms with Gasteiger partial charge in [0.15, 0.2) is 0 Å². The third kappa shape index (κ3) is 3.11. The van der Waals surface area contributed by atoms with E-state index in [1.54, 1.807) is 12.1 Å². The minimum atomic E-state index is -1.12. The van der Waals surface area contributed by atoms with Crippen molar-refractivity contribution in [3.05, 3.63) is 28.8 Å². The topological polar surface area (TPSA) is 52.6 Å². The Morgan fingerprint density at radius 1 is 1.29 bits per heavy atom. The van der Waals surface area contributed by atoms with E-state index in [1.807, 2.05) is 0 Å². The predicted octanol–water partition coefficient (Wildman–Crippen LogP) is 2.37. The number of esters is 1. The van der Waals surface area contributed by atoms with Gasteiger partial charge in [-0.3, -0.25) is 4.79 Å². The Morgan fingerprint density at radius 3 is 2.41 bits per heavy atom. The molecule has 6 heteroatoms. The van der Waals surface area contributed by atoms with Crippen LogP contribution in [0.5, 0.6) is 5.75 Å². The molecule has 1 aromatic rings. The lowest BCUT2D eigenvalue weighted by atomic mass is 10.1. The Bertz CT molecular complexity index is 445. The van der Waals surface area contributed by atoms with Crippen molar-refractivity contribution in [2.45, 2.75) is 5.38 Å². The van der Waals surface area contributed by atoms with Crippen LogP contribution in [0.2, 0.25) is 5.02 Å². The molecule has 0 aliphatic rings. The smallest absolute Gasteiger partial charge is 0.376 e. The average Bonchev–Trinajstić information content (AvgIpc) is 2.35. The van der Waals surface area contributed by atoms with Crippen LogP contribution in [0.25, 0.3) is 0 Å². The number of halogens is 2. The van der Waals surface area contributed by atoms with Crippen molar-refractivity contribution in [3.8, 4) is 5.75 Å². The molecule has 0 saturated heterocycles. The van der Waals surface area contributed by atoms with Gasteiger partial charge < -0.3 is 9.47 Å². The second-order valence-corrected chi connectivity index (χ2v) is 3.96. The molecule has 1 atom stereocenters. The van der Waals surface area contributed by atoms with Crippen LogP contribution >= 0.6 is 23.2 Å². The fourth-order valence-electron chi connectivity index (χ4n) is 1.20. The van der Waals surface area contributed by atoms with E-state index in [0.717, 1.165) is 7.11 Å². The van der Waals surface area contributed by atoms with E-state index in [4.69, 9.17) is 27.9 Å². The SMILES string of the molecule is COC(=O)C(=O)C(Cl)c1ccc(OC)c(Cl)c1. The van der Waals surface area contributed by atoms with Crippen molar-refractivity contribution in [3.63, 3.8) is 0 Å². The van der Waals surface area contributed by atoms with E-state index in [-0.39, 0.29) is 0 Å². The minimum absolute atomic E-state index is 0.313. The van der Waals surface area contributed by atoms with E-state index in [0.29, 0.717) is 16.3 Å². The fourth-order valence-corrected chi connectivity index (χ4v) is 1.69. The highest BCUT2D eigenvalue weighted by Gasteiger charge is 2.26. The number of hydrogen-bond donors (Lipinski definition) is 0. The number of carbonyl (C=O) groups is 2. The molecule has 0 saturated carbocycles. The summed E-state index contributed by atoms with van der Waals surface area (Å²) in [6.07, 6.45) is 0. The van der Waals surface area contributed by atoms with Gasteiger partial charge in [-0.2, -0.15) is 0 Å². The monoisotopic (exact) mass is 276 g/mol. The largest absolute Gasteiger partial charge is 0.495 e. The first-order valence-electron chi connectivity index (χ1n) is 4.61. The van der Waals surface area contributed by atoms with Gasteiger partial charge in [0.2, 0.25) is 0 Å². The van der Waals surface area contributed by atoms with Gasteiger partial charge in [-0.15, -0.1) is 11.6 Å². The molecule has 0 spiro atoms. The molecular formula is C11H10Cl2O4. The number of ketones is 1. The second kappa shape index (κ2) is 5.89. The van der Waals surface area contributed by atoms with Crippen molar-refractivity contribution in [2.75, 3.05) is 14.2 Å². The van der Waals surface area contributed by atoms with Crippen LogP contribution in [0.3, 0.4) is 0 Å². The van der Waals surface area contributed by atoms with Crippen molar-refractivity contribution >= 4 is 35.0 Å². The molecule has 1 rings (SSSR count). The highest BCUT2D eigenvalue weighted by molar-refractivity contribution is 6.47. The Kier molecular flexibility index (Phi) is 4.78. The summed E-state index contributed by atoms with van der Waals surface area (Å²) in [4.78, 5) is 22.5. The molecule has 0 N–H and O–H groups in total. The number of alkyl halides is 1. The minimum Gasteiger partial charge on any atom is -0.495 e. The van der Waals surface area contributed by atoms with Crippen LogP contribution in [-0.2, 0) is 14.3 Å². The molecule has 0 bridgehead atoms. The number of methoxy groups -OCH3 is 2. The van der Waals surface area contributed by atoms with E-state index >= 15 is 0 Å². The average molecular weight is 277 g/mol. The highest BCUT2D eigenvalue weighted by atomic mass is 35.5. The van der Waals surface area contributed by atoms with Crippen LogP contribution in [0, 0.1) is 0 Å². The summed E-state index contributed by atoms with van der Waals surface area (Å²) < 4.78 is 9.26. The lowest BCUT2D eigenvalue weighted by molar-refractivity contribution is -0.151. The lowest BCUT2D eigenvalue weighted by Crippen LogP contribution is -2.20. The van der Waals surface area contributed by atoms with Gasteiger partial charge in [0.05, 0.1) is 19.2 Å². The molecule has 17 heavy (non-hydrogen) atoms. The summed E-state index contributed by atoms with van der Waals surface area (Å²) >= 11 is 11.7. The van der Waals surface area contributed by atoms with Gasteiger partial charge in [-0.25, -0.2) is 4.79 Å². The lowest BCUT2D eigenvalue weighted by Gasteiger charge is -2.09. The van der Waals surface area contributed by atoms with Gasteiger partial charge in [0.25, 0.3) is 5.78 Å². The summed E-state index contributed by atoms with van der Waals surface area (Å²) in [7, 11) is 2.59. The molecule has 0 aliphatic carbocycles. The molecule has 0 amide bonds. The maximum absolute atomic E-state index is 11.5. The Balaban J connectivity index is 2.97. The first-order valence-corrected chi connectivity index (χ1v) is 5.42. The molecular weight excluding hydrogens is 267 g/mol. The van der Waals surface area contributed by atoms with E-state index in [9.17, 15) is 9.59 Å². The molecule has 1 aromatic carbocycles. The van der Waals surface area contributed by atoms with Gasteiger partial charge in [0, 0.05) is 0 Å². The standard InChI is InChI=1S/C11H10Cl2O4/c1-16-8-4-3-6(5-7(8)12)9(13)10(14)11(15)17-2/h3-5,9H,1-2H3. The third-order valence-corrected chi connectivity index (χ3v) is 2.83. The molecule has 0 fully saturated rings. The maximum atomic E-state index is 11.5. The van der Waals surface area contributed by atoms with Gasteiger partial charge in [-0.1, -0.05) is 17.7 Å². The van der Waals surface area contributed by atoms with E-state index < -0.39 is 17.1 Å². The number of rotatable bonds is 4. The van der Waals surface area contributed by atoms with E-state index in [2.05, 4.69) is 4.74 Å². The first kappa shape index (κ1) is 13.8. The molecule has 92 valence electrons. The maximum Gasteiger partial charge on any atom is 0.376 e. The second-order valence-electron chi connectivity index (χ2n) is 3.11. The van der Waals surface area contributed by atoms with Crippen molar-refractivity contribution in [2.24, 2.45) is 0 Å². The molecule has 0 heterocycles. The van der Waals surface area contributed by atoms with Gasteiger partial charge in [-0.05, 0) is 17.7 Å². The zero-order valence-electron chi connectivity index (χ0n) is 9.20. The van der Waals surface area contributed by atoms with Crippen molar-refractivity contribution < 1.29 is 19.1 Å². The third-order valence-electron chi connectivity index (χ3n) is 2.09. The zero-order chi connectivity index (χ0) is 13.0. The van der Waals surface area contributed by atoms with Crippen LogP contribution in [-0.4, -0.2) is 26.0 Å². The van der Waals surface area contributed by atoms with Gasteiger partial charge in [0.1, 0.15) is 11.1 Å². The number of ether oxygens (including phenoxy) is 2. The van der Waals surface area contributed by atoms with Crippen LogP contribution in [0.15, 0.2) is 18.2 Å². The highest BCUT2D eigenvalue weighted by Crippen LogP contribution is 2.30. The Morgan fingerprint density at radius 2 is 1.94 bits per heavy atom. The number of Topliss-reactive ketones (excluding diaryl/α,β-unsaturated/α-hetero) is 1. The Hall–Kier alpha value is -1.26. The molecule has 0 aromatic heterocycles. The number of benzene rings is 1. The summed E-state index contributed by atoms with van der Waals surface area (Å²) in [6, 6.07) is 4.60. The van der Waals surface area contributed by atoms with Crippen LogP contribution in [0.1, 0.15) is 10.9 Å². The fraction of sp³-hybridized carbons (Fsp3) is 0.273. The molecule has 1 unspecified atom stereocenters. The molecule has 0 aliphatic heterocycles. The number of hydrogen-bond acceptors (Lipinski definition) is 4. The van der Waals surface area contributed by atoms with Crippen molar-refractivity contribution in [1.82, 2.24) is 0 Å². The quantitative estimate of drug-likeness (QED) is 0.481. The number of carbonyl (C=O) groups excluding carboxylic acids is 2. The van der Waals surface area contributed by atoms with Crippen LogP contribution < -0.4 is 4.74 Å². The summed E-state index contributed by atoms with van der Waals surface area (Å²) in [5.41, 5.74) is 0.410. The normalized spacial score (nSPS) is 11.8. The first-order chi connectivity index (χ1) is 8.01. The van der Waals surface area contributed by atoms with Crippen molar-refractivity contribution in [1.29, 1.82) is 0 Å². The summed E-state index contributed by atoms with van der Waals surface area (Å²) in [6.45, 7) is 0. The van der Waals surface area contributed by atoms with E-state index in [1.165, 1.54) is 13.2 Å². The van der Waals surface area contributed by atoms with Gasteiger partial charge >= 0.3 is 5.97 Å². The van der Waals surface area contributed by atoms with Crippen LogP contribution in [0.4, 0.5) is 0 Å². The summed E-state index contributed by atoms with van der Waals surface area (Å²) in [5, 5.41) is -0.806. The molecule has 0 radical (unpaired) electrons. The summed E-state index contributed by atoms with van der Waals surface area (Å²) in [5.74, 6) is -1.36.